The van der Waals surface area contributed by atoms with Crippen LogP contribution in [0.25, 0.3) is 0 Å². The lowest BCUT2D eigenvalue weighted by Gasteiger charge is -2.28. The van der Waals surface area contributed by atoms with Crippen molar-refractivity contribution in [1.29, 1.82) is 0 Å². The number of aliphatic hydroxyl groups excluding tert-OH is 1. The van der Waals surface area contributed by atoms with Crippen LogP contribution in [0.1, 0.15) is 24.8 Å². The number of hydrogen-bond acceptors (Lipinski definition) is 6. The Hall–Kier alpha value is -0.720. The van der Waals surface area contributed by atoms with Crippen molar-refractivity contribution in [2.45, 2.75) is 32.4 Å². The van der Waals surface area contributed by atoms with Gasteiger partial charge in [-0.2, -0.15) is 0 Å². The van der Waals surface area contributed by atoms with Gasteiger partial charge in [-0.1, -0.05) is 11.3 Å². The van der Waals surface area contributed by atoms with Crippen LogP contribution in [0.15, 0.2) is 0 Å². The second-order valence-corrected chi connectivity index (χ2v) is 5.12. The van der Waals surface area contributed by atoms with Crippen LogP contribution >= 0.6 is 11.3 Å². The normalized spacial score (nSPS) is 22.2. The summed E-state index contributed by atoms with van der Waals surface area (Å²) in [5.41, 5.74) is 0. The van der Waals surface area contributed by atoms with Gasteiger partial charge in [0.15, 0.2) is 0 Å². The van der Waals surface area contributed by atoms with Gasteiger partial charge in [0.05, 0.1) is 12.6 Å². The van der Waals surface area contributed by atoms with E-state index in [0.29, 0.717) is 0 Å². The van der Waals surface area contributed by atoms with Crippen LogP contribution in [0.3, 0.4) is 0 Å². The van der Waals surface area contributed by atoms with E-state index in [2.05, 4.69) is 20.4 Å². The van der Waals surface area contributed by atoms with Gasteiger partial charge in [0.1, 0.15) is 5.01 Å². The van der Waals surface area contributed by atoms with Crippen molar-refractivity contribution in [3.8, 4) is 0 Å². The minimum Gasteiger partial charge on any atom is -0.392 e. The van der Waals surface area contributed by atoms with Crippen LogP contribution in [-0.4, -0.2) is 45.9 Å². The predicted octanol–water partition coefficient (Wildman–Crippen LogP) is 0.927. The number of anilines is 1. The summed E-state index contributed by atoms with van der Waals surface area (Å²) in [6, 6.07) is 0. The van der Waals surface area contributed by atoms with Crippen LogP contribution in [0.5, 0.6) is 0 Å². The molecule has 1 aromatic heterocycles. The van der Waals surface area contributed by atoms with E-state index in [1.54, 1.807) is 11.3 Å². The third-order valence-corrected chi connectivity index (χ3v) is 3.50. The minimum absolute atomic E-state index is 0.171. The molecule has 5 nitrogen and oxygen atoms in total. The fourth-order valence-electron chi connectivity index (χ4n) is 1.91. The Bertz CT molecular complexity index is 330. The lowest BCUT2D eigenvalue weighted by Crippen LogP contribution is -2.37. The molecule has 1 unspecified atom stereocenters. The summed E-state index contributed by atoms with van der Waals surface area (Å²) in [6.07, 6.45) is 1.82. The Morgan fingerprint density at radius 2 is 2.44 bits per heavy atom. The molecule has 0 aliphatic carbocycles. The zero-order valence-electron chi connectivity index (χ0n) is 9.52. The van der Waals surface area contributed by atoms with Crippen LogP contribution in [0.4, 0.5) is 5.13 Å². The van der Waals surface area contributed by atoms with E-state index >= 15 is 0 Å². The molecule has 0 bridgehead atoms. The fourth-order valence-corrected chi connectivity index (χ4v) is 2.76. The van der Waals surface area contributed by atoms with Gasteiger partial charge in [-0.05, 0) is 26.3 Å². The van der Waals surface area contributed by atoms with E-state index in [-0.39, 0.29) is 6.10 Å². The van der Waals surface area contributed by atoms with Gasteiger partial charge in [-0.3, -0.25) is 4.90 Å². The van der Waals surface area contributed by atoms with Crippen LogP contribution in [0, 0.1) is 0 Å². The molecule has 16 heavy (non-hydrogen) atoms. The lowest BCUT2D eigenvalue weighted by molar-refractivity contribution is 0.0667. The van der Waals surface area contributed by atoms with Crippen molar-refractivity contribution in [3.63, 3.8) is 0 Å². The minimum atomic E-state index is -0.171. The van der Waals surface area contributed by atoms with Crippen molar-refractivity contribution >= 4 is 16.5 Å². The van der Waals surface area contributed by atoms with E-state index in [1.165, 1.54) is 0 Å². The fraction of sp³-hybridized carbons (Fsp3) is 0.800. The second kappa shape index (κ2) is 5.56. The van der Waals surface area contributed by atoms with Gasteiger partial charge in [0, 0.05) is 13.1 Å². The highest BCUT2D eigenvalue weighted by molar-refractivity contribution is 7.15. The molecule has 1 aromatic rings. The molecule has 1 aliphatic rings. The number of hydrogen-bond donors (Lipinski definition) is 2. The maximum absolute atomic E-state index is 9.56. The standard InChI is InChI=1S/C10H18N4OS/c1-2-11-10-13-12-9(16-10)7-14-5-3-4-8(15)6-14/h8,15H,2-7H2,1H3,(H,11,13). The molecule has 2 heterocycles. The van der Waals surface area contributed by atoms with Crippen molar-refractivity contribution in [1.82, 2.24) is 15.1 Å². The number of aromatic nitrogens is 2. The van der Waals surface area contributed by atoms with Crippen molar-refractivity contribution in [3.05, 3.63) is 5.01 Å². The maximum Gasteiger partial charge on any atom is 0.205 e. The highest BCUT2D eigenvalue weighted by atomic mass is 32.1. The monoisotopic (exact) mass is 242 g/mol. The Labute approximate surface area is 99.5 Å². The Morgan fingerprint density at radius 3 is 3.19 bits per heavy atom. The van der Waals surface area contributed by atoms with Gasteiger partial charge in [0.25, 0.3) is 0 Å². The van der Waals surface area contributed by atoms with E-state index in [4.69, 9.17) is 0 Å². The number of piperidine rings is 1. The first-order valence-electron chi connectivity index (χ1n) is 5.74. The van der Waals surface area contributed by atoms with Crippen LogP contribution < -0.4 is 5.32 Å². The van der Waals surface area contributed by atoms with Crippen molar-refractivity contribution < 1.29 is 5.11 Å². The average Bonchev–Trinajstić information content (AvgIpc) is 2.66. The van der Waals surface area contributed by atoms with E-state index in [1.807, 2.05) is 6.92 Å². The topological polar surface area (TPSA) is 61.3 Å². The first-order valence-corrected chi connectivity index (χ1v) is 6.56. The van der Waals surface area contributed by atoms with Crippen molar-refractivity contribution in [2.75, 3.05) is 25.0 Å². The second-order valence-electron chi connectivity index (χ2n) is 4.06. The molecule has 0 saturated carbocycles. The summed E-state index contributed by atoms with van der Waals surface area (Å²) in [7, 11) is 0. The average molecular weight is 242 g/mol. The zero-order valence-corrected chi connectivity index (χ0v) is 10.3. The summed E-state index contributed by atoms with van der Waals surface area (Å²) >= 11 is 1.60. The number of likely N-dealkylation sites (tertiary alicyclic amines) is 1. The molecule has 6 heteroatoms. The van der Waals surface area contributed by atoms with Gasteiger partial charge in [0.2, 0.25) is 5.13 Å². The van der Waals surface area contributed by atoms with Gasteiger partial charge in [-0.15, -0.1) is 10.2 Å². The Morgan fingerprint density at radius 1 is 1.56 bits per heavy atom. The third kappa shape index (κ3) is 3.13. The molecule has 0 aromatic carbocycles. The Balaban J connectivity index is 1.87. The predicted molar refractivity (Wildman–Crippen MR) is 64.6 cm³/mol. The molecule has 1 saturated heterocycles. The molecule has 2 rings (SSSR count). The first kappa shape index (κ1) is 11.8. The summed E-state index contributed by atoms with van der Waals surface area (Å²) in [4.78, 5) is 2.24. The molecule has 1 aliphatic heterocycles. The van der Waals surface area contributed by atoms with Gasteiger partial charge in [-0.25, -0.2) is 0 Å². The molecular formula is C10H18N4OS. The largest absolute Gasteiger partial charge is 0.392 e. The van der Waals surface area contributed by atoms with E-state index < -0.39 is 0 Å². The number of rotatable bonds is 4. The molecular weight excluding hydrogens is 224 g/mol. The SMILES string of the molecule is CCNc1nnc(CN2CCCC(O)C2)s1. The van der Waals surface area contributed by atoms with Crippen molar-refractivity contribution in [2.24, 2.45) is 0 Å². The van der Waals surface area contributed by atoms with Crippen LogP contribution in [-0.2, 0) is 6.54 Å². The molecule has 0 radical (unpaired) electrons. The van der Waals surface area contributed by atoms with E-state index in [9.17, 15) is 5.11 Å². The number of nitrogens with zero attached hydrogens (tertiary/aromatic N) is 3. The molecule has 90 valence electrons. The summed E-state index contributed by atoms with van der Waals surface area (Å²) in [5, 5.41) is 22.8. The van der Waals surface area contributed by atoms with Gasteiger partial charge >= 0.3 is 0 Å². The molecule has 0 spiro atoms. The lowest BCUT2D eigenvalue weighted by atomic mass is 10.1. The number of β-amino-alcohol motifs (C(OH)–C–C–N with tert-alkyl or cyclic N) is 1. The smallest absolute Gasteiger partial charge is 0.205 e. The molecule has 0 amide bonds. The summed E-state index contributed by atoms with van der Waals surface area (Å²) in [5.74, 6) is 0. The van der Waals surface area contributed by atoms with E-state index in [0.717, 1.165) is 49.2 Å². The summed E-state index contributed by atoms with van der Waals surface area (Å²) in [6.45, 7) is 5.53. The van der Waals surface area contributed by atoms with Gasteiger partial charge < -0.3 is 10.4 Å². The molecule has 2 N–H and O–H groups in total. The number of nitrogens with one attached hydrogen (secondary N) is 1. The maximum atomic E-state index is 9.56. The Kier molecular flexibility index (Phi) is 4.09. The first-order chi connectivity index (χ1) is 7.78. The zero-order chi connectivity index (χ0) is 11.4. The van der Waals surface area contributed by atoms with Crippen LogP contribution in [0.2, 0.25) is 0 Å². The number of aliphatic hydroxyl groups is 1. The molecule has 1 fully saturated rings. The summed E-state index contributed by atoms with van der Waals surface area (Å²) < 4.78 is 0. The highest BCUT2D eigenvalue weighted by Crippen LogP contribution is 2.19. The third-order valence-electron chi connectivity index (χ3n) is 2.63. The quantitative estimate of drug-likeness (QED) is 0.822. The molecule has 1 atom stereocenters. The highest BCUT2D eigenvalue weighted by Gasteiger charge is 2.18.